The van der Waals surface area contributed by atoms with E-state index in [2.05, 4.69) is 51.2 Å². The second kappa shape index (κ2) is 5.34. The maximum absolute atomic E-state index is 3.60. The molecule has 0 saturated heterocycles. The topological polar surface area (TPSA) is 12.0 Å². The predicted octanol–water partition coefficient (Wildman–Crippen LogP) is 4.59. The zero-order valence-electron chi connectivity index (χ0n) is 10.8. The summed E-state index contributed by atoms with van der Waals surface area (Å²) >= 11 is 3.76. The van der Waals surface area contributed by atoms with Crippen molar-refractivity contribution >= 4 is 22.7 Å². The van der Waals surface area contributed by atoms with Crippen LogP contribution in [0.15, 0.2) is 18.2 Å². The van der Waals surface area contributed by atoms with Gasteiger partial charge in [-0.1, -0.05) is 0 Å². The van der Waals surface area contributed by atoms with Gasteiger partial charge in [0.25, 0.3) is 0 Å². The van der Waals surface area contributed by atoms with Gasteiger partial charge in [0.2, 0.25) is 0 Å². The predicted molar refractivity (Wildman–Crippen MR) is 78.1 cm³/mol. The van der Waals surface area contributed by atoms with Crippen molar-refractivity contribution in [2.24, 2.45) is 0 Å². The number of hydrogen-bond donors (Lipinski definition) is 1. The van der Waals surface area contributed by atoms with Crippen LogP contribution in [0.1, 0.15) is 38.0 Å². The molecular formula is C14H19NS2. The summed E-state index contributed by atoms with van der Waals surface area (Å²) < 4.78 is 0. The summed E-state index contributed by atoms with van der Waals surface area (Å²) in [6.07, 6.45) is 0. The molecule has 2 aromatic heterocycles. The number of aryl methyl sites for hydroxylation is 3. The average Bonchev–Trinajstić information content (AvgIpc) is 2.81. The van der Waals surface area contributed by atoms with Gasteiger partial charge in [0, 0.05) is 32.1 Å². The van der Waals surface area contributed by atoms with Crippen LogP contribution in [0.5, 0.6) is 0 Å². The molecule has 1 nitrogen and oxygen atoms in total. The molecule has 2 aromatic rings. The molecule has 0 aliphatic carbocycles. The van der Waals surface area contributed by atoms with Crippen molar-refractivity contribution in [2.45, 2.75) is 40.3 Å². The number of rotatable bonds is 4. The van der Waals surface area contributed by atoms with Gasteiger partial charge in [0.05, 0.1) is 0 Å². The van der Waals surface area contributed by atoms with Gasteiger partial charge in [0.1, 0.15) is 0 Å². The van der Waals surface area contributed by atoms with Crippen molar-refractivity contribution < 1.29 is 0 Å². The Morgan fingerprint density at radius 3 is 2.41 bits per heavy atom. The lowest BCUT2D eigenvalue weighted by Gasteiger charge is -2.13. The van der Waals surface area contributed by atoms with Gasteiger partial charge in [0.15, 0.2) is 0 Å². The number of thiophene rings is 2. The minimum atomic E-state index is 0.433. The molecule has 0 bridgehead atoms. The summed E-state index contributed by atoms with van der Waals surface area (Å²) in [5, 5.41) is 3.60. The largest absolute Gasteiger partial charge is 0.305 e. The van der Waals surface area contributed by atoms with Crippen molar-refractivity contribution in [2.75, 3.05) is 0 Å². The van der Waals surface area contributed by atoms with E-state index in [0.717, 1.165) is 6.54 Å². The van der Waals surface area contributed by atoms with Crippen LogP contribution in [-0.2, 0) is 6.54 Å². The number of hydrogen-bond acceptors (Lipinski definition) is 3. The SMILES string of the molecule is Cc1ccc(CNC(C)c2cc(C)sc2C)s1. The van der Waals surface area contributed by atoms with E-state index in [0.29, 0.717) is 6.04 Å². The molecule has 2 rings (SSSR count). The molecule has 3 heteroatoms. The minimum Gasteiger partial charge on any atom is -0.305 e. The fraction of sp³-hybridized carbons (Fsp3) is 0.429. The lowest BCUT2D eigenvalue weighted by atomic mass is 10.1. The van der Waals surface area contributed by atoms with Crippen molar-refractivity contribution in [1.29, 1.82) is 0 Å². The van der Waals surface area contributed by atoms with Gasteiger partial charge in [-0.05, 0) is 51.5 Å². The van der Waals surface area contributed by atoms with Crippen LogP contribution >= 0.6 is 22.7 Å². The summed E-state index contributed by atoms with van der Waals surface area (Å²) in [5.41, 5.74) is 1.45. The van der Waals surface area contributed by atoms with Crippen molar-refractivity contribution in [3.05, 3.63) is 43.3 Å². The van der Waals surface area contributed by atoms with Crippen molar-refractivity contribution in [1.82, 2.24) is 5.32 Å². The van der Waals surface area contributed by atoms with E-state index in [4.69, 9.17) is 0 Å². The summed E-state index contributed by atoms with van der Waals surface area (Å²) in [6.45, 7) is 9.75. The lowest BCUT2D eigenvalue weighted by molar-refractivity contribution is 0.578. The molecule has 1 atom stereocenters. The normalized spacial score (nSPS) is 12.9. The Morgan fingerprint density at radius 1 is 1.12 bits per heavy atom. The molecule has 0 fully saturated rings. The molecule has 92 valence electrons. The molecule has 1 unspecified atom stereocenters. The Kier molecular flexibility index (Phi) is 4.02. The first-order valence-corrected chi connectivity index (χ1v) is 7.55. The van der Waals surface area contributed by atoms with Crippen LogP contribution in [0.4, 0.5) is 0 Å². The van der Waals surface area contributed by atoms with Crippen LogP contribution < -0.4 is 5.32 Å². The van der Waals surface area contributed by atoms with E-state index >= 15 is 0 Å². The molecular weight excluding hydrogens is 246 g/mol. The summed E-state index contributed by atoms with van der Waals surface area (Å²) in [7, 11) is 0. The maximum atomic E-state index is 3.60. The average molecular weight is 265 g/mol. The van der Waals surface area contributed by atoms with Gasteiger partial charge >= 0.3 is 0 Å². The van der Waals surface area contributed by atoms with E-state index in [1.54, 1.807) is 0 Å². The van der Waals surface area contributed by atoms with E-state index in [1.165, 1.54) is 25.1 Å². The highest BCUT2D eigenvalue weighted by Crippen LogP contribution is 2.26. The minimum absolute atomic E-state index is 0.433. The fourth-order valence-corrected chi connectivity index (χ4v) is 3.89. The Labute approximate surface area is 112 Å². The molecule has 0 aliphatic rings. The third-order valence-corrected chi connectivity index (χ3v) is 4.91. The molecule has 1 N–H and O–H groups in total. The Hall–Kier alpha value is -0.640. The fourth-order valence-electron chi connectivity index (χ4n) is 2.02. The van der Waals surface area contributed by atoms with Gasteiger partial charge in [-0.2, -0.15) is 0 Å². The zero-order valence-corrected chi connectivity index (χ0v) is 12.5. The second-order valence-electron chi connectivity index (χ2n) is 4.48. The van der Waals surface area contributed by atoms with Crippen LogP contribution in [-0.4, -0.2) is 0 Å². The third kappa shape index (κ3) is 3.18. The Balaban J connectivity index is 1.97. The molecule has 0 aromatic carbocycles. The molecule has 17 heavy (non-hydrogen) atoms. The summed E-state index contributed by atoms with van der Waals surface area (Å²) in [4.78, 5) is 5.64. The first-order valence-electron chi connectivity index (χ1n) is 5.92. The quantitative estimate of drug-likeness (QED) is 0.853. The van der Waals surface area contributed by atoms with Gasteiger partial charge in [-0.3, -0.25) is 0 Å². The highest BCUT2D eigenvalue weighted by molar-refractivity contribution is 7.12. The molecule has 0 radical (unpaired) electrons. The van der Waals surface area contributed by atoms with Crippen LogP contribution in [0.3, 0.4) is 0 Å². The first kappa shape index (κ1) is 12.8. The smallest absolute Gasteiger partial charge is 0.0306 e. The highest BCUT2D eigenvalue weighted by atomic mass is 32.1. The highest BCUT2D eigenvalue weighted by Gasteiger charge is 2.10. The van der Waals surface area contributed by atoms with Crippen LogP contribution in [0.25, 0.3) is 0 Å². The van der Waals surface area contributed by atoms with E-state index in [9.17, 15) is 0 Å². The van der Waals surface area contributed by atoms with E-state index in [-0.39, 0.29) is 0 Å². The van der Waals surface area contributed by atoms with Gasteiger partial charge in [-0.15, -0.1) is 22.7 Å². The lowest BCUT2D eigenvalue weighted by Crippen LogP contribution is -2.17. The van der Waals surface area contributed by atoms with Crippen LogP contribution in [0.2, 0.25) is 0 Å². The molecule has 0 aliphatic heterocycles. The Morgan fingerprint density at radius 2 is 1.88 bits per heavy atom. The molecule has 0 amide bonds. The van der Waals surface area contributed by atoms with E-state index in [1.807, 2.05) is 22.7 Å². The standard InChI is InChI=1S/C14H19NS2/c1-9-5-6-13(17-9)8-15-11(3)14-7-10(2)16-12(14)4/h5-7,11,15H,8H2,1-4H3. The second-order valence-corrected chi connectivity index (χ2v) is 7.32. The summed E-state index contributed by atoms with van der Waals surface area (Å²) in [6, 6.07) is 7.14. The number of nitrogens with one attached hydrogen (secondary N) is 1. The van der Waals surface area contributed by atoms with Crippen molar-refractivity contribution in [3.63, 3.8) is 0 Å². The van der Waals surface area contributed by atoms with Gasteiger partial charge < -0.3 is 5.32 Å². The molecule has 0 spiro atoms. The Bertz CT molecular complexity index is 496. The summed E-state index contributed by atoms with van der Waals surface area (Å²) in [5.74, 6) is 0. The van der Waals surface area contributed by atoms with E-state index < -0.39 is 0 Å². The van der Waals surface area contributed by atoms with Gasteiger partial charge in [-0.25, -0.2) is 0 Å². The monoisotopic (exact) mass is 265 g/mol. The zero-order chi connectivity index (χ0) is 12.4. The maximum Gasteiger partial charge on any atom is 0.0306 e. The molecule has 0 saturated carbocycles. The molecule has 2 heterocycles. The third-order valence-electron chi connectivity index (χ3n) is 2.92. The van der Waals surface area contributed by atoms with Crippen molar-refractivity contribution in [3.8, 4) is 0 Å². The first-order chi connectivity index (χ1) is 8.06. The van der Waals surface area contributed by atoms with Crippen LogP contribution in [0, 0.1) is 20.8 Å².